The highest BCUT2D eigenvalue weighted by Gasteiger charge is 2.20. The molecule has 33 heavy (non-hydrogen) atoms. The second-order valence-corrected chi connectivity index (χ2v) is 10.6. The van der Waals surface area contributed by atoms with Crippen molar-refractivity contribution < 1.29 is 8.95 Å². The van der Waals surface area contributed by atoms with Crippen molar-refractivity contribution in [1.82, 2.24) is 19.9 Å². The van der Waals surface area contributed by atoms with Gasteiger partial charge in [0.15, 0.2) is 0 Å². The molecule has 3 N–H and O–H groups in total. The second kappa shape index (κ2) is 8.53. The number of H-pyrrole nitrogens is 1. The molecule has 1 fully saturated rings. The van der Waals surface area contributed by atoms with Crippen molar-refractivity contribution in [3.05, 3.63) is 54.1 Å². The molecule has 0 spiro atoms. The number of hydrogen-bond donors (Lipinski definition) is 3. The molecule has 0 bridgehead atoms. The zero-order valence-corrected chi connectivity index (χ0v) is 19.4. The van der Waals surface area contributed by atoms with E-state index in [1.165, 1.54) is 0 Å². The van der Waals surface area contributed by atoms with Crippen molar-refractivity contribution >= 4 is 49.6 Å². The first-order chi connectivity index (χ1) is 15.9. The number of benzene rings is 1. The summed E-state index contributed by atoms with van der Waals surface area (Å²) >= 11 is 6.43. The number of ether oxygens (including phenoxy) is 1. The maximum absolute atomic E-state index is 11.9. The standard InChI is InChI=1S/C22H22ClN7O2S/c1-32-20-10-14(30-6-8-33(24,31)9-7-30)2-3-18(20)28-22-27-12-17(23)21(29-22)16-11-26-19-13-25-5-4-15(16)19/h2-5,10-13,24,26H,6-9H2,1H3,(H,27,28,29). The molecule has 9 nitrogen and oxygen atoms in total. The second-order valence-electron chi connectivity index (χ2n) is 7.73. The molecule has 1 aliphatic heterocycles. The van der Waals surface area contributed by atoms with Gasteiger partial charge in [-0.25, -0.2) is 14.2 Å². The number of nitrogens with one attached hydrogen (secondary N) is 3. The van der Waals surface area contributed by atoms with Crippen molar-refractivity contribution in [3.8, 4) is 17.0 Å². The number of nitrogens with zero attached hydrogens (tertiary/aromatic N) is 4. The number of methoxy groups -OCH3 is 1. The van der Waals surface area contributed by atoms with Crippen LogP contribution in [-0.4, -0.2) is 55.8 Å². The SMILES string of the molecule is COc1cc(N2CCS(=N)(=O)CC2)ccc1Nc1ncc(Cl)c(-c2c[nH]c3cnccc23)n1. The first kappa shape index (κ1) is 21.5. The number of anilines is 3. The van der Waals surface area contributed by atoms with Crippen molar-refractivity contribution in [2.75, 3.05) is 41.9 Å². The molecule has 4 heterocycles. The van der Waals surface area contributed by atoms with Gasteiger partial charge in [-0.05, 0) is 18.2 Å². The minimum absolute atomic E-state index is 0.376. The molecule has 0 amide bonds. The van der Waals surface area contributed by atoms with E-state index in [1.807, 2.05) is 30.5 Å². The maximum atomic E-state index is 11.9. The third-order valence-corrected chi connectivity index (χ3v) is 7.62. The predicted octanol–water partition coefficient (Wildman–Crippen LogP) is 4.29. The Balaban J connectivity index is 1.43. The highest BCUT2D eigenvalue weighted by Crippen LogP contribution is 2.35. The number of fused-ring (bicyclic) bond motifs is 1. The average molecular weight is 484 g/mol. The smallest absolute Gasteiger partial charge is 0.227 e. The first-order valence-corrected chi connectivity index (χ1v) is 12.6. The summed E-state index contributed by atoms with van der Waals surface area (Å²) in [5.74, 6) is 1.76. The van der Waals surface area contributed by atoms with Crippen LogP contribution in [0.2, 0.25) is 5.02 Å². The van der Waals surface area contributed by atoms with Crippen LogP contribution in [0, 0.1) is 4.78 Å². The normalized spacial score (nSPS) is 15.5. The van der Waals surface area contributed by atoms with E-state index in [9.17, 15) is 4.21 Å². The highest BCUT2D eigenvalue weighted by molar-refractivity contribution is 7.92. The summed E-state index contributed by atoms with van der Waals surface area (Å²) in [5, 5.41) is 4.63. The Labute approximate surface area is 196 Å². The molecular weight excluding hydrogens is 462 g/mol. The van der Waals surface area contributed by atoms with Gasteiger partial charge in [0, 0.05) is 69.4 Å². The quantitative estimate of drug-likeness (QED) is 0.387. The fourth-order valence-corrected chi connectivity index (χ4v) is 5.30. The third-order valence-electron chi connectivity index (χ3n) is 5.66. The van der Waals surface area contributed by atoms with E-state index < -0.39 is 9.73 Å². The number of aromatic nitrogens is 4. The van der Waals surface area contributed by atoms with Crippen LogP contribution in [0.5, 0.6) is 5.75 Å². The minimum Gasteiger partial charge on any atom is -0.494 e. The summed E-state index contributed by atoms with van der Waals surface area (Å²) in [4.78, 5) is 18.4. The molecule has 4 aromatic rings. The van der Waals surface area contributed by atoms with Gasteiger partial charge in [-0.1, -0.05) is 11.6 Å². The van der Waals surface area contributed by atoms with E-state index in [0.717, 1.165) is 22.2 Å². The van der Waals surface area contributed by atoms with E-state index in [-0.39, 0.29) is 0 Å². The monoisotopic (exact) mass is 483 g/mol. The molecule has 170 valence electrons. The van der Waals surface area contributed by atoms with Gasteiger partial charge in [0.05, 0.1) is 41.4 Å². The van der Waals surface area contributed by atoms with Crippen molar-refractivity contribution in [1.29, 1.82) is 4.78 Å². The number of rotatable bonds is 5. The summed E-state index contributed by atoms with van der Waals surface area (Å²) in [5.41, 5.74) is 4.03. The van der Waals surface area contributed by atoms with Gasteiger partial charge in [0.2, 0.25) is 5.95 Å². The number of halogens is 1. The van der Waals surface area contributed by atoms with Gasteiger partial charge in [0.25, 0.3) is 0 Å². The molecule has 1 aromatic carbocycles. The Kier molecular flexibility index (Phi) is 5.55. The molecule has 0 radical (unpaired) electrons. The van der Waals surface area contributed by atoms with E-state index in [0.29, 0.717) is 52.7 Å². The summed E-state index contributed by atoms with van der Waals surface area (Å²) in [6.07, 6.45) is 6.90. The molecule has 0 aliphatic carbocycles. The number of aromatic amines is 1. The van der Waals surface area contributed by atoms with Gasteiger partial charge in [-0.15, -0.1) is 0 Å². The van der Waals surface area contributed by atoms with E-state index in [2.05, 4.69) is 30.2 Å². The molecule has 1 aliphatic rings. The third kappa shape index (κ3) is 4.31. The lowest BCUT2D eigenvalue weighted by atomic mass is 10.1. The molecule has 1 saturated heterocycles. The van der Waals surface area contributed by atoms with Crippen LogP contribution < -0.4 is 15.0 Å². The van der Waals surface area contributed by atoms with Gasteiger partial charge in [-0.3, -0.25) is 9.76 Å². The van der Waals surface area contributed by atoms with Crippen LogP contribution in [0.25, 0.3) is 22.2 Å². The molecule has 5 rings (SSSR count). The summed E-state index contributed by atoms with van der Waals surface area (Å²) in [6.45, 7) is 1.17. The molecule has 11 heteroatoms. The Morgan fingerprint density at radius 1 is 1.24 bits per heavy atom. The Morgan fingerprint density at radius 2 is 2.06 bits per heavy atom. The number of hydrogen-bond acceptors (Lipinski definition) is 8. The van der Waals surface area contributed by atoms with Crippen LogP contribution in [0.3, 0.4) is 0 Å². The average Bonchev–Trinajstić information content (AvgIpc) is 3.25. The van der Waals surface area contributed by atoms with E-state index in [4.69, 9.17) is 21.1 Å². The van der Waals surface area contributed by atoms with Crippen LogP contribution in [-0.2, 0) is 9.73 Å². The van der Waals surface area contributed by atoms with Crippen LogP contribution in [0.15, 0.2) is 49.1 Å². The fourth-order valence-electron chi connectivity index (χ4n) is 3.87. The number of pyridine rings is 1. The zero-order valence-electron chi connectivity index (χ0n) is 17.8. The van der Waals surface area contributed by atoms with Gasteiger partial charge >= 0.3 is 0 Å². The van der Waals surface area contributed by atoms with Crippen LogP contribution in [0.4, 0.5) is 17.3 Å². The van der Waals surface area contributed by atoms with Crippen LogP contribution >= 0.6 is 11.6 Å². The lowest BCUT2D eigenvalue weighted by Crippen LogP contribution is -2.39. The predicted molar refractivity (Wildman–Crippen MR) is 131 cm³/mol. The lowest BCUT2D eigenvalue weighted by Gasteiger charge is -2.30. The van der Waals surface area contributed by atoms with Crippen molar-refractivity contribution in [2.24, 2.45) is 0 Å². The zero-order chi connectivity index (χ0) is 23.0. The highest BCUT2D eigenvalue weighted by atomic mass is 35.5. The largest absolute Gasteiger partial charge is 0.494 e. The molecule has 0 saturated carbocycles. The van der Waals surface area contributed by atoms with Crippen molar-refractivity contribution in [2.45, 2.75) is 0 Å². The summed E-state index contributed by atoms with van der Waals surface area (Å²) in [7, 11) is -0.844. The molecule has 0 atom stereocenters. The van der Waals surface area contributed by atoms with Crippen molar-refractivity contribution in [3.63, 3.8) is 0 Å². The Hall–Kier alpha value is -3.37. The first-order valence-electron chi connectivity index (χ1n) is 10.3. The van der Waals surface area contributed by atoms with E-state index in [1.54, 1.807) is 25.7 Å². The van der Waals surface area contributed by atoms with Crippen LogP contribution in [0.1, 0.15) is 0 Å². The minimum atomic E-state index is -2.45. The van der Waals surface area contributed by atoms with Gasteiger partial charge in [-0.2, -0.15) is 0 Å². The fraction of sp³-hybridized carbons (Fsp3) is 0.227. The lowest BCUT2D eigenvalue weighted by molar-refractivity contribution is 0.416. The summed E-state index contributed by atoms with van der Waals surface area (Å²) in [6, 6.07) is 7.69. The maximum Gasteiger partial charge on any atom is 0.227 e. The Morgan fingerprint density at radius 3 is 2.85 bits per heavy atom. The van der Waals surface area contributed by atoms with Gasteiger partial charge < -0.3 is 19.9 Å². The Bertz CT molecular complexity index is 1420. The summed E-state index contributed by atoms with van der Waals surface area (Å²) < 4.78 is 25.3. The molecular formula is C22H22ClN7O2S. The topological polar surface area (TPSA) is 120 Å². The molecule has 0 unspecified atom stereocenters. The molecule has 3 aromatic heterocycles. The van der Waals surface area contributed by atoms with Gasteiger partial charge in [0.1, 0.15) is 5.75 Å². The van der Waals surface area contributed by atoms with E-state index >= 15 is 0 Å².